The quantitative estimate of drug-likeness (QED) is 0.659. The molecule has 4 aliphatic rings. The number of fused-ring (bicyclic) bond motifs is 5. The molecule has 1 heterocycles. The lowest BCUT2D eigenvalue weighted by Gasteiger charge is -2.63. The first kappa shape index (κ1) is 22.7. The van der Waals surface area contributed by atoms with Gasteiger partial charge in [-0.25, -0.2) is 0 Å². The lowest BCUT2D eigenvalue weighted by Crippen LogP contribution is -2.62. The Kier molecular flexibility index (Phi) is 5.53. The van der Waals surface area contributed by atoms with Gasteiger partial charge in [-0.1, -0.05) is 20.8 Å². The van der Waals surface area contributed by atoms with Gasteiger partial charge in [0, 0.05) is 32.1 Å². The summed E-state index contributed by atoms with van der Waals surface area (Å²) < 4.78 is 6.50. The highest BCUT2D eigenvalue weighted by atomic mass is 16.5. The van der Waals surface area contributed by atoms with Gasteiger partial charge in [0.2, 0.25) is 11.8 Å². The molecule has 0 unspecified atom stereocenters. The zero-order valence-corrected chi connectivity index (χ0v) is 20.9. The van der Waals surface area contributed by atoms with E-state index < -0.39 is 0 Å². The summed E-state index contributed by atoms with van der Waals surface area (Å²) in [6, 6.07) is 8.18. The molecule has 1 aromatic carbocycles. The van der Waals surface area contributed by atoms with Crippen LogP contribution in [-0.4, -0.2) is 35.9 Å². The second-order valence-corrected chi connectivity index (χ2v) is 12.1. The molecule has 1 saturated heterocycles. The van der Waals surface area contributed by atoms with Crippen molar-refractivity contribution in [2.24, 2.45) is 34.5 Å². The lowest BCUT2D eigenvalue weighted by molar-refractivity contribution is -0.164. The van der Waals surface area contributed by atoms with E-state index in [1.54, 1.807) is 0 Å². The highest BCUT2D eigenvalue weighted by Crippen LogP contribution is 2.66. The van der Waals surface area contributed by atoms with Gasteiger partial charge in [0.1, 0.15) is 5.75 Å². The van der Waals surface area contributed by atoms with Gasteiger partial charge < -0.3 is 15.0 Å². The summed E-state index contributed by atoms with van der Waals surface area (Å²) in [5.74, 6) is 3.93. The normalized spacial score (nSPS) is 42.2. The summed E-state index contributed by atoms with van der Waals surface area (Å²) in [6.07, 6.45) is 7.97. The molecule has 1 aromatic rings. The van der Waals surface area contributed by atoms with E-state index in [2.05, 4.69) is 31.0 Å². The molecule has 2 amide bonds. The molecular formula is C28H40N2O3. The van der Waals surface area contributed by atoms with Crippen molar-refractivity contribution in [3.05, 3.63) is 24.3 Å². The van der Waals surface area contributed by atoms with E-state index in [9.17, 15) is 9.59 Å². The predicted octanol–water partition coefficient (Wildman–Crippen LogP) is 5.50. The molecule has 1 N–H and O–H groups in total. The van der Waals surface area contributed by atoms with Crippen LogP contribution >= 0.6 is 0 Å². The second-order valence-electron chi connectivity index (χ2n) is 12.1. The van der Waals surface area contributed by atoms with Crippen LogP contribution in [0, 0.1) is 34.5 Å². The Hall–Kier alpha value is -2.04. The monoisotopic (exact) mass is 452 g/mol. The Bertz CT molecular complexity index is 930. The number of anilines is 1. The average molecular weight is 453 g/mol. The maximum absolute atomic E-state index is 12.5. The first-order chi connectivity index (χ1) is 15.6. The number of rotatable bonds is 3. The van der Waals surface area contributed by atoms with Crippen molar-refractivity contribution in [1.82, 2.24) is 4.90 Å². The second kappa shape index (κ2) is 8.02. The van der Waals surface area contributed by atoms with Gasteiger partial charge in [0.05, 0.1) is 6.10 Å². The molecule has 0 spiro atoms. The highest BCUT2D eigenvalue weighted by molar-refractivity contribution is 5.88. The summed E-state index contributed by atoms with van der Waals surface area (Å²) in [5.41, 5.74) is 1.40. The van der Waals surface area contributed by atoms with Crippen LogP contribution < -0.4 is 10.1 Å². The Morgan fingerprint density at radius 3 is 2.55 bits per heavy atom. The molecule has 0 radical (unpaired) electrons. The van der Waals surface area contributed by atoms with Crippen molar-refractivity contribution in [2.45, 2.75) is 84.8 Å². The molecule has 1 aliphatic heterocycles. The van der Waals surface area contributed by atoms with Gasteiger partial charge in [-0.3, -0.25) is 9.59 Å². The highest BCUT2D eigenvalue weighted by Gasteiger charge is 2.62. The number of nitrogens with zero attached hydrogens (tertiary/aromatic N) is 1. The third-order valence-corrected chi connectivity index (χ3v) is 10.1. The summed E-state index contributed by atoms with van der Waals surface area (Å²) in [4.78, 5) is 25.8. The molecule has 5 nitrogen and oxygen atoms in total. The van der Waals surface area contributed by atoms with Crippen molar-refractivity contribution < 1.29 is 14.3 Å². The Balaban J connectivity index is 1.33. The SMILES string of the molecule is CC(=O)Nc1ccc(O[C@H]2C[C@H]3[C@@H]4[C@@H](C)C[C@H]5N(C)C(=O)CC[C@]5(C)[C@H]4CC[C@]3(C)C2)cc1. The fourth-order valence-corrected chi connectivity index (χ4v) is 8.56. The summed E-state index contributed by atoms with van der Waals surface area (Å²) in [5, 5.41) is 2.82. The minimum Gasteiger partial charge on any atom is -0.490 e. The Labute approximate surface area is 198 Å². The predicted molar refractivity (Wildman–Crippen MR) is 130 cm³/mol. The number of nitrogens with one attached hydrogen (secondary N) is 1. The lowest BCUT2D eigenvalue weighted by atomic mass is 9.45. The van der Waals surface area contributed by atoms with E-state index in [0.717, 1.165) is 43.0 Å². The van der Waals surface area contributed by atoms with Crippen LogP contribution in [0.1, 0.15) is 72.6 Å². The molecule has 8 atom stereocenters. The topological polar surface area (TPSA) is 58.6 Å². The fraction of sp³-hybridized carbons (Fsp3) is 0.714. The van der Waals surface area contributed by atoms with Crippen LogP contribution in [0.15, 0.2) is 24.3 Å². The van der Waals surface area contributed by atoms with Gasteiger partial charge >= 0.3 is 0 Å². The molecule has 5 heteroatoms. The fourth-order valence-electron chi connectivity index (χ4n) is 8.56. The first-order valence-corrected chi connectivity index (χ1v) is 12.9. The van der Waals surface area contributed by atoms with Crippen molar-refractivity contribution >= 4 is 17.5 Å². The average Bonchev–Trinajstić information content (AvgIpc) is 3.09. The number of amides is 2. The molecule has 33 heavy (non-hydrogen) atoms. The molecule has 180 valence electrons. The van der Waals surface area contributed by atoms with Gasteiger partial charge in [0.25, 0.3) is 0 Å². The van der Waals surface area contributed by atoms with E-state index in [4.69, 9.17) is 4.74 Å². The number of carbonyl (C=O) groups is 2. The zero-order chi connectivity index (χ0) is 23.5. The zero-order valence-electron chi connectivity index (χ0n) is 20.9. The molecule has 3 aliphatic carbocycles. The van der Waals surface area contributed by atoms with E-state index in [1.807, 2.05) is 31.3 Å². The van der Waals surface area contributed by atoms with Gasteiger partial charge in [0.15, 0.2) is 0 Å². The maximum atomic E-state index is 12.5. The van der Waals surface area contributed by atoms with Crippen LogP contribution in [0.4, 0.5) is 5.69 Å². The number of likely N-dealkylation sites (tertiary alicyclic amines) is 1. The standard InChI is InChI=1S/C28H40N2O3/c1-17-14-24-28(4,13-11-25(32)30(24)5)22-10-12-27(3)16-21(15-23(27)26(17)22)33-20-8-6-19(7-9-20)29-18(2)31/h6-9,17,21-24,26H,10-16H2,1-5H3,(H,29,31)/t17-,21-,22-,23-,24+,26+,27+,28+/m0/s1. The van der Waals surface area contributed by atoms with Gasteiger partial charge in [-0.05, 0) is 97.3 Å². The molecule has 3 saturated carbocycles. The Morgan fingerprint density at radius 2 is 1.85 bits per heavy atom. The van der Waals surface area contributed by atoms with Crippen LogP contribution in [0.2, 0.25) is 0 Å². The third kappa shape index (κ3) is 3.76. The van der Waals surface area contributed by atoms with Crippen LogP contribution in [0.5, 0.6) is 5.75 Å². The molecule has 0 aromatic heterocycles. The summed E-state index contributed by atoms with van der Waals surface area (Å²) in [6.45, 7) is 8.97. The van der Waals surface area contributed by atoms with E-state index in [-0.39, 0.29) is 17.4 Å². The largest absolute Gasteiger partial charge is 0.490 e. The van der Waals surface area contributed by atoms with E-state index in [1.165, 1.54) is 19.8 Å². The number of ether oxygens (including phenoxy) is 1. The summed E-state index contributed by atoms with van der Waals surface area (Å²) in [7, 11) is 2.04. The van der Waals surface area contributed by atoms with Gasteiger partial charge in [-0.2, -0.15) is 0 Å². The van der Waals surface area contributed by atoms with Crippen LogP contribution in [-0.2, 0) is 9.59 Å². The van der Waals surface area contributed by atoms with Crippen LogP contribution in [0.25, 0.3) is 0 Å². The van der Waals surface area contributed by atoms with Crippen molar-refractivity contribution in [1.29, 1.82) is 0 Å². The minimum absolute atomic E-state index is 0.0583. The first-order valence-electron chi connectivity index (χ1n) is 12.9. The van der Waals surface area contributed by atoms with Crippen LogP contribution in [0.3, 0.4) is 0 Å². The van der Waals surface area contributed by atoms with Crippen molar-refractivity contribution in [3.8, 4) is 5.75 Å². The number of benzene rings is 1. The minimum atomic E-state index is -0.0583. The summed E-state index contributed by atoms with van der Waals surface area (Å²) >= 11 is 0. The molecular weight excluding hydrogens is 412 g/mol. The number of carbonyl (C=O) groups excluding carboxylic acids is 2. The van der Waals surface area contributed by atoms with E-state index in [0.29, 0.717) is 41.5 Å². The van der Waals surface area contributed by atoms with E-state index >= 15 is 0 Å². The number of piperidine rings is 1. The molecule has 4 fully saturated rings. The van der Waals surface area contributed by atoms with Gasteiger partial charge in [-0.15, -0.1) is 0 Å². The Morgan fingerprint density at radius 1 is 1.12 bits per heavy atom. The van der Waals surface area contributed by atoms with Crippen molar-refractivity contribution in [2.75, 3.05) is 12.4 Å². The number of hydrogen-bond donors (Lipinski definition) is 1. The third-order valence-electron chi connectivity index (χ3n) is 10.1. The molecule has 0 bridgehead atoms. The van der Waals surface area contributed by atoms with Crippen molar-refractivity contribution in [3.63, 3.8) is 0 Å². The number of hydrogen-bond acceptors (Lipinski definition) is 3. The smallest absolute Gasteiger partial charge is 0.222 e. The molecule has 5 rings (SSSR count). The maximum Gasteiger partial charge on any atom is 0.222 e.